The van der Waals surface area contributed by atoms with Crippen LogP contribution in [0.3, 0.4) is 0 Å². The van der Waals surface area contributed by atoms with Crippen molar-refractivity contribution in [3.05, 3.63) is 23.3 Å². The predicted octanol–water partition coefficient (Wildman–Crippen LogP) is 3.35. The normalized spacial score (nSPS) is 17.1. The van der Waals surface area contributed by atoms with Gasteiger partial charge < -0.3 is 5.11 Å². The van der Waals surface area contributed by atoms with Gasteiger partial charge in [0, 0.05) is 12.1 Å². The molecular weight excluding hydrogens is 228 g/mol. The first-order valence-electron chi connectivity index (χ1n) is 6.69. The molecule has 0 spiro atoms. The van der Waals surface area contributed by atoms with Gasteiger partial charge in [0.15, 0.2) is 0 Å². The number of hydrogen-bond donors (Lipinski definition) is 1. The van der Waals surface area contributed by atoms with Gasteiger partial charge in [-0.3, -0.25) is 0 Å². The van der Waals surface area contributed by atoms with Crippen molar-refractivity contribution in [2.45, 2.75) is 57.8 Å². The van der Waals surface area contributed by atoms with Gasteiger partial charge in [0.1, 0.15) is 5.82 Å². The van der Waals surface area contributed by atoms with Gasteiger partial charge >= 0.3 is 5.97 Å². The van der Waals surface area contributed by atoms with E-state index >= 15 is 0 Å². The maximum absolute atomic E-state index is 11.1. The zero-order chi connectivity index (χ0) is 13.1. The Morgan fingerprint density at radius 3 is 2.56 bits per heavy atom. The Morgan fingerprint density at radius 1 is 1.33 bits per heavy atom. The van der Waals surface area contributed by atoms with Gasteiger partial charge in [-0.25, -0.2) is 14.8 Å². The Kier molecular flexibility index (Phi) is 3.94. The molecule has 1 N–H and O–H groups in total. The van der Waals surface area contributed by atoms with Crippen LogP contribution in [0.1, 0.15) is 79.7 Å². The number of nitrogens with zero attached hydrogens (tertiary/aromatic N) is 2. The Morgan fingerprint density at radius 2 is 2.00 bits per heavy atom. The largest absolute Gasteiger partial charge is 0.478 e. The molecule has 4 heteroatoms. The molecule has 0 atom stereocenters. The van der Waals surface area contributed by atoms with E-state index in [4.69, 9.17) is 5.11 Å². The highest BCUT2D eigenvalue weighted by Gasteiger charge is 2.22. The van der Waals surface area contributed by atoms with E-state index in [1.165, 1.54) is 25.5 Å². The van der Waals surface area contributed by atoms with E-state index in [0.717, 1.165) is 18.7 Å². The molecule has 1 saturated carbocycles. The van der Waals surface area contributed by atoms with E-state index in [1.54, 1.807) is 0 Å². The molecule has 0 aliphatic heterocycles. The van der Waals surface area contributed by atoms with Crippen molar-refractivity contribution in [3.63, 3.8) is 0 Å². The van der Waals surface area contributed by atoms with E-state index in [0.29, 0.717) is 11.6 Å². The van der Waals surface area contributed by atoms with Crippen molar-refractivity contribution in [1.29, 1.82) is 0 Å². The third-order valence-electron chi connectivity index (χ3n) is 3.58. The third-order valence-corrected chi connectivity index (χ3v) is 3.58. The number of carbonyl (C=O) groups is 1. The van der Waals surface area contributed by atoms with Crippen LogP contribution in [0.2, 0.25) is 0 Å². The molecule has 0 aromatic carbocycles. The van der Waals surface area contributed by atoms with E-state index < -0.39 is 5.97 Å². The van der Waals surface area contributed by atoms with Gasteiger partial charge in [0.25, 0.3) is 0 Å². The molecule has 1 aliphatic rings. The topological polar surface area (TPSA) is 63.1 Å². The molecule has 0 amide bonds. The lowest BCUT2D eigenvalue weighted by Gasteiger charge is -2.21. The fraction of sp³-hybridized carbons (Fsp3) is 0.643. The summed E-state index contributed by atoms with van der Waals surface area (Å²) >= 11 is 0. The minimum Gasteiger partial charge on any atom is -0.478 e. The molecule has 4 nitrogen and oxygen atoms in total. The molecule has 1 fully saturated rings. The van der Waals surface area contributed by atoms with E-state index in [2.05, 4.69) is 9.97 Å². The van der Waals surface area contributed by atoms with Crippen molar-refractivity contribution >= 4 is 5.97 Å². The second kappa shape index (κ2) is 5.46. The Labute approximate surface area is 107 Å². The van der Waals surface area contributed by atoms with E-state index in [-0.39, 0.29) is 11.5 Å². The summed E-state index contributed by atoms with van der Waals surface area (Å²) in [7, 11) is 0. The number of rotatable bonds is 3. The summed E-state index contributed by atoms with van der Waals surface area (Å²) in [5.41, 5.74) is 0.905. The van der Waals surface area contributed by atoms with Gasteiger partial charge in [-0.05, 0) is 18.8 Å². The van der Waals surface area contributed by atoms with Crippen LogP contribution in [0, 0.1) is 0 Å². The van der Waals surface area contributed by atoms with Gasteiger partial charge in [-0.1, -0.05) is 33.1 Å². The van der Waals surface area contributed by atoms with Gasteiger partial charge in [0.05, 0.1) is 11.3 Å². The number of hydrogen-bond acceptors (Lipinski definition) is 3. The van der Waals surface area contributed by atoms with Crippen molar-refractivity contribution in [2.24, 2.45) is 0 Å². The van der Waals surface area contributed by atoms with E-state index in [1.807, 2.05) is 13.8 Å². The standard InChI is InChI=1S/C14H20N2O2/c1-9(2)12-11(14(17)18)8-15-13(16-12)10-6-4-3-5-7-10/h8-10H,3-7H2,1-2H3,(H,17,18). The van der Waals surface area contributed by atoms with Crippen LogP contribution in [0.25, 0.3) is 0 Å². The first kappa shape index (κ1) is 13.0. The average molecular weight is 248 g/mol. The predicted molar refractivity (Wildman–Crippen MR) is 68.9 cm³/mol. The minimum atomic E-state index is -0.936. The Balaban J connectivity index is 2.33. The number of carboxylic acid groups (broad SMARTS) is 1. The highest BCUT2D eigenvalue weighted by atomic mass is 16.4. The highest BCUT2D eigenvalue weighted by molar-refractivity contribution is 5.88. The summed E-state index contributed by atoms with van der Waals surface area (Å²) in [4.78, 5) is 19.9. The van der Waals surface area contributed by atoms with Crippen molar-refractivity contribution in [1.82, 2.24) is 9.97 Å². The van der Waals surface area contributed by atoms with Crippen molar-refractivity contribution in [3.8, 4) is 0 Å². The molecule has 1 aromatic heterocycles. The first-order valence-corrected chi connectivity index (χ1v) is 6.69. The molecule has 0 radical (unpaired) electrons. The summed E-state index contributed by atoms with van der Waals surface area (Å²) in [5, 5.41) is 9.14. The highest BCUT2D eigenvalue weighted by Crippen LogP contribution is 2.31. The molecule has 1 heterocycles. The number of aromatic nitrogens is 2. The molecule has 1 aliphatic carbocycles. The summed E-state index contributed by atoms with van der Waals surface area (Å²) < 4.78 is 0. The minimum absolute atomic E-state index is 0.112. The monoisotopic (exact) mass is 248 g/mol. The zero-order valence-electron chi connectivity index (χ0n) is 11.0. The molecule has 18 heavy (non-hydrogen) atoms. The van der Waals surface area contributed by atoms with Crippen LogP contribution >= 0.6 is 0 Å². The zero-order valence-corrected chi connectivity index (χ0v) is 11.0. The quantitative estimate of drug-likeness (QED) is 0.891. The Bertz CT molecular complexity index is 437. The fourth-order valence-electron chi connectivity index (χ4n) is 2.57. The first-order chi connectivity index (χ1) is 8.59. The van der Waals surface area contributed by atoms with Crippen LogP contribution in [0.5, 0.6) is 0 Å². The maximum atomic E-state index is 11.1. The van der Waals surface area contributed by atoms with Crippen LogP contribution < -0.4 is 0 Å². The van der Waals surface area contributed by atoms with Gasteiger partial charge in [-0.15, -0.1) is 0 Å². The van der Waals surface area contributed by atoms with Gasteiger partial charge in [-0.2, -0.15) is 0 Å². The fourth-order valence-corrected chi connectivity index (χ4v) is 2.57. The average Bonchev–Trinajstić information content (AvgIpc) is 2.39. The SMILES string of the molecule is CC(C)c1nc(C2CCCCC2)ncc1C(=O)O. The molecular formula is C14H20N2O2. The molecule has 0 bridgehead atoms. The van der Waals surface area contributed by atoms with Crippen LogP contribution in [-0.2, 0) is 0 Å². The lowest BCUT2D eigenvalue weighted by Crippen LogP contribution is -2.14. The van der Waals surface area contributed by atoms with Crippen molar-refractivity contribution < 1.29 is 9.90 Å². The summed E-state index contributed by atoms with van der Waals surface area (Å²) in [6.45, 7) is 3.94. The van der Waals surface area contributed by atoms with Crippen LogP contribution in [-0.4, -0.2) is 21.0 Å². The van der Waals surface area contributed by atoms with Crippen LogP contribution in [0.15, 0.2) is 6.20 Å². The molecule has 98 valence electrons. The molecule has 2 rings (SSSR count). The summed E-state index contributed by atoms with van der Waals surface area (Å²) in [6.07, 6.45) is 7.49. The maximum Gasteiger partial charge on any atom is 0.339 e. The number of aromatic carboxylic acids is 1. The van der Waals surface area contributed by atoms with Crippen LogP contribution in [0.4, 0.5) is 0 Å². The molecule has 1 aromatic rings. The smallest absolute Gasteiger partial charge is 0.339 e. The second-order valence-corrected chi connectivity index (χ2v) is 5.32. The lowest BCUT2D eigenvalue weighted by molar-refractivity contribution is 0.0694. The number of carboxylic acids is 1. The third kappa shape index (κ3) is 2.68. The summed E-state index contributed by atoms with van der Waals surface area (Å²) in [6, 6.07) is 0. The van der Waals surface area contributed by atoms with E-state index in [9.17, 15) is 4.79 Å². The lowest BCUT2D eigenvalue weighted by atomic mass is 9.88. The van der Waals surface area contributed by atoms with Gasteiger partial charge in [0.2, 0.25) is 0 Å². The second-order valence-electron chi connectivity index (χ2n) is 5.32. The van der Waals surface area contributed by atoms with Crippen molar-refractivity contribution in [2.75, 3.05) is 0 Å². The summed E-state index contributed by atoms with van der Waals surface area (Å²) in [5.74, 6) is 0.429. The molecule has 0 saturated heterocycles. The Hall–Kier alpha value is -1.45. The molecule has 0 unspecified atom stereocenters.